The van der Waals surface area contributed by atoms with Gasteiger partial charge in [0.2, 0.25) is 5.92 Å². The summed E-state index contributed by atoms with van der Waals surface area (Å²) in [6.07, 6.45) is 1.18. The molecule has 7 heteroatoms. The van der Waals surface area contributed by atoms with Crippen molar-refractivity contribution in [2.45, 2.75) is 76.7 Å². The van der Waals surface area contributed by atoms with Gasteiger partial charge >= 0.3 is 6.09 Å². The van der Waals surface area contributed by atoms with Gasteiger partial charge in [0.1, 0.15) is 11.9 Å². The molecule has 1 atom stereocenters. The molecule has 2 saturated carbocycles. The molecule has 1 amide bonds. The van der Waals surface area contributed by atoms with E-state index in [1.807, 2.05) is 27.7 Å². The highest BCUT2D eigenvalue weighted by atomic mass is 19.3. The molecule has 2 aliphatic carbocycles. The maximum absolute atomic E-state index is 13.3. The minimum atomic E-state index is -2.61. The van der Waals surface area contributed by atoms with Crippen molar-refractivity contribution in [3.63, 3.8) is 0 Å². The van der Waals surface area contributed by atoms with E-state index in [-0.39, 0.29) is 30.3 Å². The number of ether oxygens (including phenoxy) is 1. The number of aromatic nitrogens is 2. The molecule has 5 nitrogen and oxygen atoms in total. The highest BCUT2D eigenvalue weighted by Gasteiger charge is 2.49. The van der Waals surface area contributed by atoms with Crippen LogP contribution in [0.1, 0.15) is 70.6 Å². The molecule has 0 radical (unpaired) electrons. The van der Waals surface area contributed by atoms with Crippen LogP contribution in [0.4, 0.5) is 19.4 Å². The van der Waals surface area contributed by atoms with E-state index in [4.69, 9.17) is 4.74 Å². The zero-order valence-corrected chi connectivity index (χ0v) is 15.5. The highest BCUT2D eigenvalue weighted by molar-refractivity contribution is 5.85. The van der Waals surface area contributed by atoms with Crippen LogP contribution in [-0.4, -0.2) is 27.9 Å². The Morgan fingerprint density at radius 2 is 1.96 bits per heavy atom. The van der Waals surface area contributed by atoms with Gasteiger partial charge in [-0.1, -0.05) is 20.8 Å². The van der Waals surface area contributed by atoms with E-state index in [2.05, 4.69) is 10.4 Å². The second kappa shape index (κ2) is 5.95. The van der Waals surface area contributed by atoms with Crippen LogP contribution in [-0.2, 0) is 17.2 Å². The minimum absolute atomic E-state index is 0.115. The van der Waals surface area contributed by atoms with Gasteiger partial charge in [-0.3, -0.25) is 10.00 Å². The first-order valence-electron chi connectivity index (χ1n) is 8.91. The minimum Gasteiger partial charge on any atom is -0.446 e. The Morgan fingerprint density at radius 3 is 2.44 bits per heavy atom. The molecule has 1 N–H and O–H groups in total. The van der Waals surface area contributed by atoms with Crippen molar-refractivity contribution < 1.29 is 18.3 Å². The normalized spacial score (nSPS) is 21.6. The van der Waals surface area contributed by atoms with Crippen molar-refractivity contribution in [1.82, 2.24) is 9.78 Å². The van der Waals surface area contributed by atoms with Crippen LogP contribution < -0.4 is 5.32 Å². The maximum Gasteiger partial charge on any atom is 0.413 e. The van der Waals surface area contributed by atoms with E-state index in [0.29, 0.717) is 17.4 Å². The summed E-state index contributed by atoms with van der Waals surface area (Å²) in [5, 5.41) is 7.25. The van der Waals surface area contributed by atoms with Crippen molar-refractivity contribution in [1.29, 1.82) is 0 Å². The van der Waals surface area contributed by atoms with Crippen LogP contribution in [0.3, 0.4) is 0 Å². The van der Waals surface area contributed by atoms with Gasteiger partial charge in [-0.15, -0.1) is 0 Å². The number of rotatable bonds is 4. The molecule has 2 fully saturated rings. The molecule has 0 aromatic carbocycles. The molecule has 1 unspecified atom stereocenters. The van der Waals surface area contributed by atoms with Crippen molar-refractivity contribution in [2.75, 3.05) is 5.32 Å². The quantitative estimate of drug-likeness (QED) is 0.860. The number of alkyl halides is 2. The lowest BCUT2D eigenvalue weighted by Crippen LogP contribution is -2.35. The third kappa shape index (κ3) is 3.80. The van der Waals surface area contributed by atoms with Gasteiger partial charge in [0.25, 0.3) is 0 Å². The van der Waals surface area contributed by atoms with E-state index in [1.165, 1.54) is 0 Å². The van der Waals surface area contributed by atoms with Gasteiger partial charge in [0, 0.05) is 31.4 Å². The molecule has 0 spiro atoms. The largest absolute Gasteiger partial charge is 0.446 e. The molecule has 1 aromatic heterocycles. The molecular formula is C18H27F2N3O2. The Hall–Kier alpha value is -1.66. The van der Waals surface area contributed by atoms with Crippen LogP contribution >= 0.6 is 0 Å². The van der Waals surface area contributed by atoms with Crippen LogP contribution in [0, 0.1) is 5.92 Å². The van der Waals surface area contributed by atoms with Gasteiger partial charge in [0.05, 0.1) is 5.69 Å². The van der Waals surface area contributed by atoms with Gasteiger partial charge in [-0.25, -0.2) is 13.6 Å². The Balaban J connectivity index is 1.82. The average Bonchev–Trinajstić information content (AvgIpc) is 3.21. The standard InChI is InChI=1S/C18H27F2N3O2/c1-10(11-6-7-11)25-16(24)21-15-13(17(2,3)4)14(22-23(15)5)12-8-18(19,20)9-12/h10-12H,6-9H2,1-5H3,(H,21,24). The monoisotopic (exact) mass is 355 g/mol. The number of aryl methyl sites for hydroxylation is 1. The first-order valence-corrected chi connectivity index (χ1v) is 8.91. The summed E-state index contributed by atoms with van der Waals surface area (Å²) >= 11 is 0. The van der Waals surface area contributed by atoms with E-state index < -0.39 is 12.0 Å². The second-order valence-electron chi connectivity index (χ2n) is 8.52. The first kappa shape index (κ1) is 18.1. The summed E-state index contributed by atoms with van der Waals surface area (Å²) in [4.78, 5) is 12.3. The smallest absolute Gasteiger partial charge is 0.413 e. The number of halogens is 2. The van der Waals surface area contributed by atoms with Gasteiger partial charge in [-0.2, -0.15) is 5.10 Å². The molecule has 0 saturated heterocycles. The van der Waals surface area contributed by atoms with E-state index >= 15 is 0 Å². The van der Waals surface area contributed by atoms with Gasteiger partial charge < -0.3 is 4.74 Å². The summed E-state index contributed by atoms with van der Waals surface area (Å²) in [6, 6.07) is 0. The molecule has 1 heterocycles. The lowest BCUT2D eigenvalue weighted by molar-refractivity contribution is -0.0879. The van der Waals surface area contributed by atoms with Gasteiger partial charge in [-0.05, 0) is 31.1 Å². The van der Waals surface area contributed by atoms with Crippen LogP contribution in [0.2, 0.25) is 0 Å². The van der Waals surface area contributed by atoms with Crippen molar-refractivity contribution in [3.05, 3.63) is 11.3 Å². The zero-order chi connectivity index (χ0) is 18.6. The maximum atomic E-state index is 13.3. The third-order valence-corrected chi connectivity index (χ3v) is 5.10. The Morgan fingerprint density at radius 1 is 1.36 bits per heavy atom. The van der Waals surface area contributed by atoms with E-state index in [0.717, 1.165) is 18.4 Å². The fourth-order valence-electron chi connectivity index (χ4n) is 3.52. The predicted octanol–water partition coefficient (Wildman–Crippen LogP) is 4.58. The fourth-order valence-corrected chi connectivity index (χ4v) is 3.52. The third-order valence-electron chi connectivity index (χ3n) is 5.10. The number of carbonyl (C=O) groups excluding carboxylic acids is 1. The number of nitrogens with one attached hydrogen (secondary N) is 1. The second-order valence-corrected chi connectivity index (χ2v) is 8.52. The highest BCUT2D eigenvalue weighted by Crippen LogP contribution is 2.51. The van der Waals surface area contributed by atoms with Crippen molar-refractivity contribution in [3.8, 4) is 0 Å². The lowest BCUT2D eigenvalue weighted by atomic mass is 9.74. The topological polar surface area (TPSA) is 56.1 Å². The number of hydrogen-bond acceptors (Lipinski definition) is 3. The molecule has 140 valence electrons. The predicted molar refractivity (Wildman–Crippen MR) is 91.1 cm³/mol. The number of anilines is 1. The number of amides is 1. The number of nitrogens with zero attached hydrogens (tertiary/aromatic N) is 2. The average molecular weight is 355 g/mol. The van der Waals surface area contributed by atoms with E-state index in [1.54, 1.807) is 11.7 Å². The Bertz CT molecular complexity index is 667. The van der Waals surface area contributed by atoms with Crippen molar-refractivity contribution >= 4 is 11.9 Å². The Kier molecular flexibility index (Phi) is 4.32. The molecule has 2 aliphatic rings. The molecule has 1 aromatic rings. The van der Waals surface area contributed by atoms with Crippen LogP contribution in [0.25, 0.3) is 0 Å². The van der Waals surface area contributed by atoms with Gasteiger partial charge in [0.15, 0.2) is 0 Å². The molecular weight excluding hydrogens is 328 g/mol. The molecule has 3 rings (SSSR count). The van der Waals surface area contributed by atoms with Crippen LogP contribution in [0.15, 0.2) is 0 Å². The fraction of sp³-hybridized carbons (Fsp3) is 0.778. The molecule has 0 aliphatic heterocycles. The molecule has 25 heavy (non-hydrogen) atoms. The zero-order valence-electron chi connectivity index (χ0n) is 15.5. The summed E-state index contributed by atoms with van der Waals surface area (Å²) in [5.74, 6) is -1.89. The SMILES string of the molecule is CC(OC(=O)Nc1c(C(C)(C)C)c(C2CC(F)(F)C2)nn1C)C1CC1. The number of hydrogen-bond donors (Lipinski definition) is 1. The van der Waals surface area contributed by atoms with Crippen molar-refractivity contribution in [2.24, 2.45) is 13.0 Å². The molecule has 0 bridgehead atoms. The summed E-state index contributed by atoms with van der Waals surface area (Å²) in [5.41, 5.74) is 1.14. The Labute approximate surface area is 147 Å². The summed E-state index contributed by atoms with van der Waals surface area (Å²) < 4.78 is 33.6. The lowest BCUT2D eigenvalue weighted by Gasteiger charge is -2.35. The first-order chi connectivity index (χ1) is 11.5. The number of carbonyl (C=O) groups is 1. The summed E-state index contributed by atoms with van der Waals surface area (Å²) in [6.45, 7) is 7.88. The van der Waals surface area contributed by atoms with Crippen LogP contribution in [0.5, 0.6) is 0 Å². The van der Waals surface area contributed by atoms with E-state index in [9.17, 15) is 13.6 Å². The summed E-state index contributed by atoms with van der Waals surface area (Å²) in [7, 11) is 1.72.